The van der Waals surface area contributed by atoms with E-state index in [4.69, 9.17) is 23.2 Å². The summed E-state index contributed by atoms with van der Waals surface area (Å²) in [4.78, 5) is 47.2. The first-order chi connectivity index (χ1) is 11.8. The lowest BCUT2D eigenvalue weighted by molar-refractivity contribution is -0.384. The molecule has 0 saturated carbocycles. The number of imide groups is 1. The van der Waals surface area contributed by atoms with E-state index in [0.29, 0.717) is 4.90 Å². The van der Waals surface area contributed by atoms with Crippen molar-refractivity contribution < 1.29 is 19.3 Å². The molecular formula is C15H7Cl2N3O5. The number of hydrogen-bond acceptors (Lipinski definition) is 5. The van der Waals surface area contributed by atoms with Crippen molar-refractivity contribution in [3.05, 3.63) is 62.1 Å². The van der Waals surface area contributed by atoms with E-state index < -0.39 is 22.6 Å². The predicted molar refractivity (Wildman–Crippen MR) is 90.4 cm³/mol. The van der Waals surface area contributed by atoms with Crippen LogP contribution >= 0.6 is 23.2 Å². The second-order valence-electron chi connectivity index (χ2n) is 4.99. The molecule has 25 heavy (non-hydrogen) atoms. The number of amides is 3. The highest BCUT2D eigenvalue weighted by atomic mass is 35.5. The molecular weight excluding hydrogens is 373 g/mol. The van der Waals surface area contributed by atoms with Gasteiger partial charge >= 0.3 is 11.9 Å². The molecule has 3 amide bonds. The number of nitro groups is 1. The van der Waals surface area contributed by atoms with E-state index in [1.54, 1.807) is 0 Å². The maximum Gasteiger partial charge on any atom is 0.333 e. The number of non-ortho nitro benzene ring substituents is 1. The van der Waals surface area contributed by atoms with Crippen LogP contribution < -0.4 is 10.2 Å². The molecule has 10 heteroatoms. The quantitative estimate of drug-likeness (QED) is 0.486. The number of nitro benzene ring substituents is 1. The standard InChI is InChI=1S/C15H7Cl2N3O5/c16-10-3-1-7(5-11(10)17)18-15(23)19-12-4-2-8(20(24)25)6-9(12)13(21)14(19)22/h1-6H,(H,18,23). The molecule has 0 bridgehead atoms. The van der Waals surface area contributed by atoms with Crippen molar-refractivity contribution in [2.45, 2.75) is 0 Å². The minimum Gasteiger partial charge on any atom is -0.307 e. The van der Waals surface area contributed by atoms with Gasteiger partial charge in [0.25, 0.3) is 11.5 Å². The Labute approximate surface area is 150 Å². The molecule has 126 valence electrons. The van der Waals surface area contributed by atoms with Gasteiger partial charge in [0, 0.05) is 17.8 Å². The average molecular weight is 380 g/mol. The molecule has 1 aliphatic rings. The Hall–Kier alpha value is -2.97. The van der Waals surface area contributed by atoms with Crippen LogP contribution in [0.5, 0.6) is 0 Å². The number of nitrogens with one attached hydrogen (secondary N) is 1. The van der Waals surface area contributed by atoms with Gasteiger partial charge in [0.15, 0.2) is 0 Å². The Balaban J connectivity index is 1.94. The van der Waals surface area contributed by atoms with E-state index in [1.165, 1.54) is 24.3 Å². The highest BCUT2D eigenvalue weighted by Crippen LogP contribution is 2.33. The molecule has 0 spiro atoms. The summed E-state index contributed by atoms with van der Waals surface area (Å²) in [5.41, 5.74) is -0.330. The molecule has 0 atom stereocenters. The second-order valence-corrected chi connectivity index (χ2v) is 5.80. The van der Waals surface area contributed by atoms with Gasteiger partial charge in [0.05, 0.1) is 26.2 Å². The summed E-state index contributed by atoms with van der Waals surface area (Å²) in [6, 6.07) is 6.63. The maximum atomic E-state index is 12.4. The average Bonchev–Trinajstić information content (AvgIpc) is 2.82. The van der Waals surface area contributed by atoms with Gasteiger partial charge in [-0.2, -0.15) is 0 Å². The number of halogens is 2. The third-order valence-corrected chi connectivity index (χ3v) is 4.19. The third kappa shape index (κ3) is 2.92. The number of fused-ring (bicyclic) bond motifs is 1. The largest absolute Gasteiger partial charge is 0.333 e. The van der Waals surface area contributed by atoms with Gasteiger partial charge in [0.1, 0.15) is 0 Å². The fourth-order valence-corrected chi connectivity index (χ4v) is 2.59. The lowest BCUT2D eigenvalue weighted by atomic mass is 10.1. The van der Waals surface area contributed by atoms with Crippen molar-refractivity contribution in [2.75, 3.05) is 10.2 Å². The topological polar surface area (TPSA) is 110 Å². The van der Waals surface area contributed by atoms with E-state index >= 15 is 0 Å². The Morgan fingerprint density at radius 3 is 2.44 bits per heavy atom. The maximum absolute atomic E-state index is 12.4. The summed E-state index contributed by atoms with van der Waals surface area (Å²) in [5.74, 6) is -2.10. The second kappa shape index (κ2) is 6.15. The van der Waals surface area contributed by atoms with E-state index in [9.17, 15) is 24.5 Å². The van der Waals surface area contributed by atoms with Gasteiger partial charge in [-0.25, -0.2) is 9.69 Å². The number of carbonyl (C=O) groups excluding carboxylic acids is 3. The van der Waals surface area contributed by atoms with Crippen LogP contribution in [0, 0.1) is 10.1 Å². The zero-order valence-corrected chi connectivity index (χ0v) is 13.7. The van der Waals surface area contributed by atoms with Crippen LogP contribution in [0.1, 0.15) is 10.4 Å². The first-order valence-corrected chi connectivity index (χ1v) is 7.48. The zero-order chi connectivity index (χ0) is 18.3. The van der Waals surface area contributed by atoms with Crippen LogP contribution in [0.2, 0.25) is 10.0 Å². The number of nitrogens with zero attached hydrogens (tertiary/aromatic N) is 2. The van der Waals surface area contributed by atoms with Crippen LogP contribution in [-0.4, -0.2) is 22.6 Å². The molecule has 8 nitrogen and oxygen atoms in total. The lowest BCUT2D eigenvalue weighted by Crippen LogP contribution is -2.39. The summed E-state index contributed by atoms with van der Waals surface area (Å²) in [5, 5.41) is 13.7. The van der Waals surface area contributed by atoms with Crippen LogP contribution in [0.4, 0.5) is 21.9 Å². The van der Waals surface area contributed by atoms with Crippen molar-refractivity contribution >= 4 is 58.0 Å². The van der Waals surface area contributed by atoms with Crippen molar-refractivity contribution in [2.24, 2.45) is 0 Å². The van der Waals surface area contributed by atoms with Crippen LogP contribution in [0.25, 0.3) is 0 Å². The van der Waals surface area contributed by atoms with Gasteiger partial charge in [-0.1, -0.05) is 23.2 Å². The normalized spacial score (nSPS) is 13.0. The highest BCUT2D eigenvalue weighted by molar-refractivity contribution is 6.56. The van der Waals surface area contributed by atoms with Gasteiger partial charge in [0.2, 0.25) is 0 Å². The first kappa shape index (κ1) is 16.9. The van der Waals surface area contributed by atoms with Gasteiger partial charge in [-0.3, -0.25) is 19.7 Å². The number of carbonyl (C=O) groups is 3. The monoisotopic (exact) mass is 379 g/mol. The summed E-state index contributed by atoms with van der Waals surface area (Å²) in [6.07, 6.45) is 0. The fraction of sp³-hybridized carbons (Fsp3) is 0. The summed E-state index contributed by atoms with van der Waals surface area (Å²) >= 11 is 11.6. The minimum atomic E-state index is -1.10. The Kier molecular flexibility index (Phi) is 4.15. The highest BCUT2D eigenvalue weighted by Gasteiger charge is 2.40. The summed E-state index contributed by atoms with van der Waals surface area (Å²) in [6.45, 7) is 0. The molecule has 1 N–H and O–H groups in total. The molecule has 0 radical (unpaired) electrons. The summed E-state index contributed by atoms with van der Waals surface area (Å²) in [7, 11) is 0. The van der Waals surface area contributed by atoms with Gasteiger partial charge < -0.3 is 5.32 Å². The summed E-state index contributed by atoms with van der Waals surface area (Å²) < 4.78 is 0. The molecule has 2 aromatic rings. The van der Waals surface area contributed by atoms with E-state index in [2.05, 4.69) is 5.32 Å². The number of anilines is 2. The molecule has 3 rings (SSSR count). The number of urea groups is 1. The molecule has 0 aliphatic carbocycles. The van der Waals surface area contributed by atoms with Crippen LogP contribution in [0.15, 0.2) is 36.4 Å². The molecule has 0 aromatic heterocycles. The number of Topliss-reactive ketones (excluding diaryl/α,β-unsaturated/α-hetero) is 1. The van der Waals surface area contributed by atoms with E-state index in [0.717, 1.165) is 12.1 Å². The number of rotatable bonds is 2. The number of ketones is 1. The van der Waals surface area contributed by atoms with Gasteiger partial charge in [-0.15, -0.1) is 0 Å². The fourth-order valence-electron chi connectivity index (χ4n) is 2.30. The van der Waals surface area contributed by atoms with Gasteiger partial charge in [-0.05, 0) is 24.3 Å². The minimum absolute atomic E-state index is 0.0295. The van der Waals surface area contributed by atoms with Crippen molar-refractivity contribution in [3.8, 4) is 0 Å². The molecule has 2 aromatic carbocycles. The molecule has 0 fully saturated rings. The number of hydrogen-bond donors (Lipinski definition) is 1. The lowest BCUT2D eigenvalue weighted by Gasteiger charge is -2.15. The van der Waals surface area contributed by atoms with E-state index in [-0.39, 0.29) is 32.7 Å². The Morgan fingerprint density at radius 1 is 1.08 bits per heavy atom. The molecule has 1 heterocycles. The number of benzene rings is 2. The van der Waals surface area contributed by atoms with Crippen molar-refractivity contribution in [1.82, 2.24) is 0 Å². The van der Waals surface area contributed by atoms with Crippen molar-refractivity contribution in [1.29, 1.82) is 0 Å². The Morgan fingerprint density at radius 2 is 1.80 bits per heavy atom. The Bertz CT molecular complexity index is 960. The van der Waals surface area contributed by atoms with Crippen LogP contribution in [0.3, 0.4) is 0 Å². The molecule has 0 unspecified atom stereocenters. The zero-order valence-electron chi connectivity index (χ0n) is 12.2. The van der Waals surface area contributed by atoms with E-state index in [1.807, 2.05) is 0 Å². The molecule has 1 aliphatic heterocycles. The smallest absolute Gasteiger partial charge is 0.307 e. The first-order valence-electron chi connectivity index (χ1n) is 6.73. The predicted octanol–water partition coefficient (Wildman–Crippen LogP) is 3.66. The van der Waals surface area contributed by atoms with Crippen molar-refractivity contribution in [3.63, 3.8) is 0 Å². The van der Waals surface area contributed by atoms with Crippen LogP contribution in [-0.2, 0) is 4.79 Å². The SMILES string of the molecule is O=C1C(=O)N(C(=O)Nc2ccc(Cl)c(Cl)c2)c2ccc([N+](=O)[O-])cc21. The third-order valence-electron chi connectivity index (χ3n) is 3.45. The molecule has 0 saturated heterocycles.